The van der Waals surface area contributed by atoms with E-state index in [1.54, 1.807) is 12.2 Å². The van der Waals surface area contributed by atoms with E-state index in [1.807, 2.05) is 26.0 Å². The Bertz CT molecular complexity index is 184. The molecule has 0 aromatic carbocycles. The van der Waals surface area contributed by atoms with Crippen LogP contribution in [0.3, 0.4) is 0 Å². The van der Waals surface area contributed by atoms with Crippen molar-refractivity contribution in [1.29, 1.82) is 0 Å². The van der Waals surface area contributed by atoms with Gasteiger partial charge in [-0.15, -0.1) is 0 Å². The van der Waals surface area contributed by atoms with E-state index in [4.69, 9.17) is 4.74 Å². The molecule has 0 aromatic rings. The maximum atomic E-state index is 9.78. The molecule has 0 amide bonds. The predicted molar refractivity (Wildman–Crippen MR) is 44.0 cm³/mol. The summed E-state index contributed by atoms with van der Waals surface area (Å²) in [6.07, 6.45) is 7.32. The normalized spacial score (nSPS) is 36.1. The fourth-order valence-electron chi connectivity index (χ4n) is 1.12. The topological polar surface area (TPSA) is 29.5 Å². The van der Waals surface area contributed by atoms with Crippen LogP contribution in [0.15, 0.2) is 24.3 Å². The van der Waals surface area contributed by atoms with Crippen molar-refractivity contribution in [2.75, 3.05) is 6.61 Å². The number of rotatable bonds is 2. The number of hydrogen-bond acceptors (Lipinski definition) is 2. The molecule has 0 saturated carbocycles. The van der Waals surface area contributed by atoms with Gasteiger partial charge in [-0.3, -0.25) is 0 Å². The molecule has 1 aliphatic rings. The van der Waals surface area contributed by atoms with Crippen molar-refractivity contribution in [2.45, 2.75) is 19.6 Å². The van der Waals surface area contributed by atoms with Gasteiger partial charge in [-0.05, 0) is 13.0 Å². The Hall–Kier alpha value is -0.600. The average molecular weight is 154 g/mol. The van der Waals surface area contributed by atoms with Crippen LogP contribution in [0.4, 0.5) is 0 Å². The Labute approximate surface area is 67.2 Å². The van der Waals surface area contributed by atoms with Gasteiger partial charge in [-0.2, -0.15) is 0 Å². The van der Waals surface area contributed by atoms with Crippen molar-refractivity contribution in [2.24, 2.45) is 5.92 Å². The molecule has 2 unspecified atom stereocenters. The van der Waals surface area contributed by atoms with Crippen molar-refractivity contribution < 1.29 is 9.84 Å². The van der Waals surface area contributed by atoms with Crippen LogP contribution in [-0.4, -0.2) is 17.5 Å². The molecule has 1 N–H and O–H groups in total. The van der Waals surface area contributed by atoms with E-state index >= 15 is 0 Å². The number of aliphatic hydroxyl groups is 1. The third kappa shape index (κ3) is 1.70. The molecule has 0 saturated heterocycles. The lowest BCUT2D eigenvalue weighted by Gasteiger charge is -2.30. The maximum absolute atomic E-state index is 9.78. The highest BCUT2D eigenvalue weighted by Gasteiger charge is 2.30. The Morgan fingerprint density at radius 2 is 2.27 bits per heavy atom. The third-order valence-corrected chi connectivity index (χ3v) is 1.87. The molecule has 0 spiro atoms. The third-order valence-electron chi connectivity index (χ3n) is 1.87. The van der Waals surface area contributed by atoms with E-state index in [9.17, 15) is 5.11 Å². The lowest BCUT2D eigenvalue weighted by Crippen LogP contribution is -2.37. The van der Waals surface area contributed by atoms with E-state index in [1.165, 1.54) is 0 Å². The van der Waals surface area contributed by atoms with E-state index in [2.05, 4.69) is 0 Å². The van der Waals surface area contributed by atoms with Gasteiger partial charge in [-0.25, -0.2) is 0 Å². The highest BCUT2D eigenvalue weighted by atomic mass is 16.6. The quantitative estimate of drug-likeness (QED) is 0.610. The van der Waals surface area contributed by atoms with Crippen LogP contribution in [0.1, 0.15) is 13.8 Å². The van der Waals surface area contributed by atoms with E-state index in [0.29, 0.717) is 6.61 Å². The SMILES string of the molecule is CCOC1(O)C=CC=CC1C. The fourth-order valence-corrected chi connectivity index (χ4v) is 1.12. The minimum absolute atomic E-state index is 0.0347. The molecule has 62 valence electrons. The molecule has 2 heteroatoms. The Kier molecular flexibility index (Phi) is 2.47. The summed E-state index contributed by atoms with van der Waals surface area (Å²) >= 11 is 0. The molecule has 2 nitrogen and oxygen atoms in total. The molecular weight excluding hydrogens is 140 g/mol. The number of allylic oxidation sites excluding steroid dienone is 2. The second-order valence-electron chi connectivity index (χ2n) is 2.72. The number of ether oxygens (including phenoxy) is 1. The first-order chi connectivity index (χ1) is 5.19. The zero-order valence-electron chi connectivity index (χ0n) is 6.95. The Morgan fingerprint density at radius 1 is 1.55 bits per heavy atom. The van der Waals surface area contributed by atoms with Crippen molar-refractivity contribution in [3.05, 3.63) is 24.3 Å². The zero-order chi connectivity index (χ0) is 8.32. The minimum atomic E-state index is -1.08. The Morgan fingerprint density at radius 3 is 2.82 bits per heavy atom. The molecule has 0 fully saturated rings. The molecule has 0 bridgehead atoms. The summed E-state index contributed by atoms with van der Waals surface area (Å²) in [4.78, 5) is 0. The van der Waals surface area contributed by atoms with Gasteiger partial charge in [0.05, 0.1) is 0 Å². The van der Waals surface area contributed by atoms with Crippen molar-refractivity contribution >= 4 is 0 Å². The largest absolute Gasteiger partial charge is 0.362 e. The summed E-state index contributed by atoms with van der Waals surface area (Å²) in [5.74, 6) is -1.05. The van der Waals surface area contributed by atoms with Gasteiger partial charge in [0, 0.05) is 12.5 Å². The monoisotopic (exact) mass is 154 g/mol. The van der Waals surface area contributed by atoms with Crippen LogP contribution in [0.5, 0.6) is 0 Å². The van der Waals surface area contributed by atoms with E-state index in [-0.39, 0.29) is 5.92 Å². The lowest BCUT2D eigenvalue weighted by molar-refractivity contribution is -0.185. The average Bonchev–Trinajstić information content (AvgIpc) is 1.96. The first-order valence-electron chi connectivity index (χ1n) is 3.91. The van der Waals surface area contributed by atoms with Gasteiger partial charge >= 0.3 is 0 Å². The maximum Gasteiger partial charge on any atom is 0.191 e. The fraction of sp³-hybridized carbons (Fsp3) is 0.556. The predicted octanol–water partition coefficient (Wildman–Crippen LogP) is 1.47. The van der Waals surface area contributed by atoms with Crippen molar-refractivity contribution in [3.63, 3.8) is 0 Å². The molecule has 0 aromatic heterocycles. The highest BCUT2D eigenvalue weighted by molar-refractivity contribution is 5.17. The van der Waals surface area contributed by atoms with Crippen molar-refractivity contribution in [3.8, 4) is 0 Å². The lowest BCUT2D eigenvalue weighted by atomic mass is 9.96. The zero-order valence-corrected chi connectivity index (χ0v) is 6.95. The first kappa shape index (κ1) is 8.50. The Balaban J connectivity index is 2.68. The smallest absolute Gasteiger partial charge is 0.191 e. The number of hydrogen-bond donors (Lipinski definition) is 1. The standard InChI is InChI=1S/C9H14O2/c1-3-11-9(10)7-5-4-6-8(9)2/h4-8,10H,3H2,1-2H3. The summed E-state index contributed by atoms with van der Waals surface area (Å²) < 4.78 is 5.20. The van der Waals surface area contributed by atoms with E-state index in [0.717, 1.165) is 0 Å². The molecular formula is C9H14O2. The van der Waals surface area contributed by atoms with Crippen LogP contribution >= 0.6 is 0 Å². The second kappa shape index (κ2) is 3.20. The molecule has 0 heterocycles. The summed E-state index contributed by atoms with van der Waals surface area (Å²) in [6.45, 7) is 4.32. The van der Waals surface area contributed by atoms with Crippen molar-refractivity contribution in [1.82, 2.24) is 0 Å². The van der Waals surface area contributed by atoms with Gasteiger partial charge in [-0.1, -0.05) is 25.2 Å². The van der Waals surface area contributed by atoms with Gasteiger partial charge in [0.15, 0.2) is 5.79 Å². The summed E-state index contributed by atoms with van der Waals surface area (Å²) in [7, 11) is 0. The van der Waals surface area contributed by atoms with Crippen LogP contribution in [0, 0.1) is 5.92 Å². The first-order valence-corrected chi connectivity index (χ1v) is 3.91. The summed E-state index contributed by atoms with van der Waals surface area (Å²) in [5, 5.41) is 9.78. The molecule has 2 atom stereocenters. The van der Waals surface area contributed by atoms with Gasteiger partial charge in [0.1, 0.15) is 0 Å². The second-order valence-corrected chi connectivity index (χ2v) is 2.72. The molecule has 0 radical (unpaired) electrons. The van der Waals surface area contributed by atoms with Gasteiger partial charge in [0.2, 0.25) is 0 Å². The molecule has 11 heavy (non-hydrogen) atoms. The van der Waals surface area contributed by atoms with E-state index < -0.39 is 5.79 Å². The van der Waals surface area contributed by atoms with Gasteiger partial charge in [0.25, 0.3) is 0 Å². The van der Waals surface area contributed by atoms with Crippen LogP contribution < -0.4 is 0 Å². The van der Waals surface area contributed by atoms with Gasteiger partial charge < -0.3 is 9.84 Å². The summed E-state index contributed by atoms with van der Waals surface area (Å²) in [6, 6.07) is 0. The van der Waals surface area contributed by atoms with Crippen LogP contribution in [-0.2, 0) is 4.74 Å². The summed E-state index contributed by atoms with van der Waals surface area (Å²) in [5.41, 5.74) is 0. The minimum Gasteiger partial charge on any atom is -0.362 e. The van der Waals surface area contributed by atoms with Crippen LogP contribution in [0.2, 0.25) is 0 Å². The molecule has 1 rings (SSSR count). The highest BCUT2D eigenvalue weighted by Crippen LogP contribution is 2.24. The molecule has 1 aliphatic carbocycles. The molecule has 0 aliphatic heterocycles. The van der Waals surface area contributed by atoms with Crippen LogP contribution in [0.25, 0.3) is 0 Å².